The van der Waals surface area contributed by atoms with Crippen LogP contribution in [0.5, 0.6) is 0 Å². The lowest BCUT2D eigenvalue weighted by atomic mass is 9.79. The van der Waals surface area contributed by atoms with E-state index in [9.17, 15) is 4.79 Å². The van der Waals surface area contributed by atoms with Gasteiger partial charge in [0.2, 0.25) is 5.91 Å². The minimum Gasteiger partial charge on any atom is -0.342 e. The van der Waals surface area contributed by atoms with E-state index in [0.717, 1.165) is 42.1 Å². The summed E-state index contributed by atoms with van der Waals surface area (Å²) < 4.78 is 2.17. The molecule has 5 heteroatoms. The Balaban J connectivity index is 1.56. The maximum absolute atomic E-state index is 12.9. The minimum absolute atomic E-state index is 0.0366. The maximum Gasteiger partial charge on any atom is 0.223 e. The number of rotatable bonds is 4. The first-order valence-electron chi connectivity index (χ1n) is 10.0. The number of piperidine rings is 1. The number of aryl methyl sites for hydroxylation is 1. The van der Waals surface area contributed by atoms with Gasteiger partial charge in [-0.2, -0.15) is 0 Å². The van der Waals surface area contributed by atoms with E-state index in [1.165, 1.54) is 0 Å². The van der Waals surface area contributed by atoms with E-state index in [0.29, 0.717) is 12.8 Å². The molecule has 2 aromatic carbocycles. The number of amides is 1. The molecule has 0 radical (unpaired) electrons. The Morgan fingerprint density at radius 3 is 2.61 bits per heavy atom. The van der Waals surface area contributed by atoms with E-state index in [-0.39, 0.29) is 17.4 Å². The molecule has 0 spiro atoms. The van der Waals surface area contributed by atoms with Crippen molar-refractivity contribution in [1.29, 1.82) is 0 Å². The topological polar surface area (TPSA) is 64.2 Å². The number of nitrogens with zero attached hydrogens (tertiary/aromatic N) is 3. The summed E-state index contributed by atoms with van der Waals surface area (Å²) in [5.41, 5.74) is 9.28. The predicted octanol–water partition coefficient (Wildman–Crippen LogP) is 3.54. The van der Waals surface area contributed by atoms with E-state index >= 15 is 0 Å². The summed E-state index contributed by atoms with van der Waals surface area (Å²) in [6.45, 7) is 5.76. The van der Waals surface area contributed by atoms with Gasteiger partial charge in [0.05, 0.1) is 11.0 Å². The molecule has 5 nitrogen and oxygen atoms in total. The van der Waals surface area contributed by atoms with Gasteiger partial charge >= 0.3 is 0 Å². The summed E-state index contributed by atoms with van der Waals surface area (Å²) in [5, 5.41) is 0. The van der Waals surface area contributed by atoms with Crippen LogP contribution in [0.15, 0.2) is 54.6 Å². The molecule has 2 heterocycles. The molecule has 1 aromatic heterocycles. The molecular weight excluding hydrogens is 348 g/mol. The molecule has 1 amide bonds. The first kappa shape index (κ1) is 18.7. The normalized spacial score (nSPS) is 19.1. The summed E-state index contributed by atoms with van der Waals surface area (Å²) in [5.74, 6) is 1.11. The number of hydrogen-bond acceptors (Lipinski definition) is 3. The van der Waals surface area contributed by atoms with Crippen molar-refractivity contribution in [3.63, 3.8) is 0 Å². The second-order valence-electron chi connectivity index (χ2n) is 8.39. The predicted molar refractivity (Wildman–Crippen MR) is 112 cm³/mol. The van der Waals surface area contributed by atoms with Crippen molar-refractivity contribution in [3.05, 3.63) is 60.4 Å². The third kappa shape index (κ3) is 3.54. The quantitative estimate of drug-likeness (QED) is 0.757. The SMILES string of the molecule is CC1(C)CN(C(=O)CCc2nc3ccccc3n2-c2ccccc2)CCC1N. The average Bonchev–Trinajstić information content (AvgIpc) is 3.07. The van der Waals surface area contributed by atoms with Gasteiger partial charge in [0.25, 0.3) is 0 Å². The van der Waals surface area contributed by atoms with Gasteiger partial charge in [-0.1, -0.05) is 44.2 Å². The van der Waals surface area contributed by atoms with Crippen LogP contribution in [-0.4, -0.2) is 39.5 Å². The summed E-state index contributed by atoms with van der Waals surface area (Å²) in [4.78, 5) is 19.7. The van der Waals surface area contributed by atoms with Gasteiger partial charge in [-0.15, -0.1) is 0 Å². The number of fused-ring (bicyclic) bond motifs is 1. The Bertz CT molecular complexity index is 977. The van der Waals surface area contributed by atoms with Gasteiger partial charge in [0.15, 0.2) is 0 Å². The fourth-order valence-corrected chi connectivity index (χ4v) is 4.07. The zero-order valence-electron chi connectivity index (χ0n) is 16.6. The Morgan fingerprint density at radius 1 is 1.14 bits per heavy atom. The van der Waals surface area contributed by atoms with Gasteiger partial charge in [0.1, 0.15) is 5.82 Å². The number of carbonyl (C=O) groups excluding carboxylic acids is 1. The van der Waals surface area contributed by atoms with E-state index < -0.39 is 0 Å². The molecule has 2 N–H and O–H groups in total. The first-order chi connectivity index (χ1) is 13.5. The third-order valence-corrected chi connectivity index (χ3v) is 5.87. The highest BCUT2D eigenvalue weighted by Crippen LogP contribution is 2.28. The van der Waals surface area contributed by atoms with Crippen LogP contribution < -0.4 is 5.73 Å². The van der Waals surface area contributed by atoms with Crippen LogP contribution >= 0.6 is 0 Å². The molecule has 28 heavy (non-hydrogen) atoms. The van der Waals surface area contributed by atoms with Crippen molar-refractivity contribution in [1.82, 2.24) is 14.5 Å². The van der Waals surface area contributed by atoms with Crippen molar-refractivity contribution >= 4 is 16.9 Å². The average molecular weight is 377 g/mol. The molecule has 146 valence electrons. The maximum atomic E-state index is 12.9. The van der Waals surface area contributed by atoms with Crippen molar-refractivity contribution in [3.8, 4) is 5.69 Å². The van der Waals surface area contributed by atoms with Gasteiger partial charge < -0.3 is 10.6 Å². The number of nitrogens with two attached hydrogens (primary N) is 1. The van der Waals surface area contributed by atoms with E-state index in [1.807, 2.05) is 41.3 Å². The molecule has 0 saturated carbocycles. The van der Waals surface area contributed by atoms with Gasteiger partial charge in [-0.25, -0.2) is 4.98 Å². The Labute approximate surface area is 166 Å². The number of para-hydroxylation sites is 3. The molecule has 1 unspecified atom stereocenters. The fourth-order valence-electron chi connectivity index (χ4n) is 4.07. The monoisotopic (exact) mass is 376 g/mol. The Kier molecular flexibility index (Phi) is 4.94. The van der Waals surface area contributed by atoms with E-state index in [2.05, 4.69) is 36.6 Å². The minimum atomic E-state index is -0.0366. The number of hydrogen-bond donors (Lipinski definition) is 1. The van der Waals surface area contributed by atoms with Gasteiger partial charge in [-0.3, -0.25) is 9.36 Å². The van der Waals surface area contributed by atoms with Gasteiger partial charge in [0, 0.05) is 37.7 Å². The molecule has 1 saturated heterocycles. The third-order valence-electron chi connectivity index (χ3n) is 5.87. The number of likely N-dealkylation sites (tertiary alicyclic amines) is 1. The second-order valence-corrected chi connectivity index (χ2v) is 8.39. The van der Waals surface area contributed by atoms with Crippen LogP contribution in [0.1, 0.15) is 32.5 Å². The number of aromatic nitrogens is 2. The smallest absolute Gasteiger partial charge is 0.223 e. The molecule has 0 bridgehead atoms. The summed E-state index contributed by atoms with van der Waals surface area (Å²) >= 11 is 0. The van der Waals surface area contributed by atoms with Crippen LogP contribution in [0.2, 0.25) is 0 Å². The van der Waals surface area contributed by atoms with Crippen molar-refractivity contribution in [2.45, 2.75) is 39.2 Å². The van der Waals surface area contributed by atoms with Crippen molar-refractivity contribution in [2.75, 3.05) is 13.1 Å². The highest BCUT2D eigenvalue weighted by atomic mass is 16.2. The van der Waals surface area contributed by atoms with Crippen LogP contribution in [0.4, 0.5) is 0 Å². The number of benzene rings is 2. The molecular formula is C23H28N4O. The van der Waals surface area contributed by atoms with E-state index in [4.69, 9.17) is 10.7 Å². The van der Waals surface area contributed by atoms with Crippen LogP contribution in [-0.2, 0) is 11.2 Å². The zero-order valence-corrected chi connectivity index (χ0v) is 16.6. The lowest BCUT2D eigenvalue weighted by Crippen LogP contribution is -2.54. The molecule has 1 aliphatic rings. The van der Waals surface area contributed by atoms with Gasteiger partial charge in [-0.05, 0) is 36.1 Å². The summed E-state index contributed by atoms with van der Waals surface area (Å²) in [7, 11) is 0. The molecule has 1 fully saturated rings. The number of carbonyl (C=O) groups is 1. The largest absolute Gasteiger partial charge is 0.342 e. The van der Waals surface area contributed by atoms with Crippen LogP contribution in [0.25, 0.3) is 16.7 Å². The zero-order chi connectivity index (χ0) is 19.7. The molecule has 1 atom stereocenters. The summed E-state index contributed by atoms with van der Waals surface area (Å²) in [6, 6.07) is 18.5. The molecule has 3 aromatic rings. The van der Waals surface area contributed by atoms with Crippen molar-refractivity contribution < 1.29 is 4.79 Å². The van der Waals surface area contributed by atoms with Crippen molar-refractivity contribution in [2.24, 2.45) is 11.1 Å². The molecule has 4 rings (SSSR count). The lowest BCUT2D eigenvalue weighted by Gasteiger charge is -2.42. The van der Waals surface area contributed by atoms with E-state index in [1.54, 1.807) is 0 Å². The van der Waals surface area contributed by atoms with Crippen LogP contribution in [0, 0.1) is 5.41 Å². The second kappa shape index (κ2) is 7.40. The highest BCUT2D eigenvalue weighted by molar-refractivity contribution is 5.79. The standard InChI is InChI=1S/C23H28N4O/c1-23(2)16-26(15-14-20(23)24)22(28)13-12-21-25-18-10-6-7-11-19(18)27(21)17-8-4-3-5-9-17/h3-11,20H,12-16,24H2,1-2H3. The molecule has 1 aliphatic heterocycles. The lowest BCUT2D eigenvalue weighted by molar-refractivity contribution is -0.134. The van der Waals surface area contributed by atoms with Crippen LogP contribution in [0.3, 0.4) is 0 Å². The Hall–Kier alpha value is -2.66. The molecule has 0 aliphatic carbocycles. The highest BCUT2D eigenvalue weighted by Gasteiger charge is 2.35. The fraction of sp³-hybridized carbons (Fsp3) is 0.391. The Morgan fingerprint density at radius 2 is 1.86 bits per heavy atom. The summed E-state index contributed by atoms with van der Waals surface area (Å²) in [6.07, 6.45) is 1.94. The first-order valence-corrected chi connectivity index (χ1v) is 10.0. The number of imidazole rings is 1.